The Morgan fingerprint density at radius 2 is 1.71 bits per heavy atom. The van der Waals surface area contributed by atoms with Crippen molar-refractivity contribution in [1.82, 2.24) is 4.98 Å². The second-order valence-corrected chi connectivity index (χ2v) is 4.63. The molecule has 0 bridgehead atoms. The zero-order valence-electron chi connectivity index (χ0n) is 10.2. The van der Waals surface area contributed by atoms with Gasteiger partial charge in [-0.25, -0.2) is 4.98 Å². The van der Waals surface area contributed by atoms with E-state index in [1.807, 2.05) is 25.1 Å². The largest absolute Gasteiger partial charge is 0.340 e. The summed E-state index contributed by atoms with van der Waals surface area (Å²) < 4.78 is 0. The van der Waals surface area contributed by atoms with Crippen LogP contribution in [0.2, 0.25) is 5.15 Å². The van der Waals surface area contributed by atoms with Gasteiger partial charge in [0.15, 0.2) is 0 Å². The van der Waals surface area contributed by atoms with Gasteiger partial charge in [0.2, 0.25) is 0 Å². The topological polar surface area (TPSA) is 24.9 Å². The fraction of sp³-hybridized carbons (Fsp3) is 0.214. The molecule has 0 radical (unpaired) electrons. The minimum absolute atomic E-state index is 0.513. The lowest BCUT2D eigenvalue weighted by molar-refractivity contribution is 1.25. The Hall–Kier alpha value is -1.54. The van der Waals surface area contributed by atoms with Gasteiger partial charge in [-0.3, -0.25) is 0 Å². The lowest BCUT2D eigenvalue weighted by atomic mass is 10.1. The molecule has 1 aromatic heterocycles. The molecule has 0 fully saturated rings. The lowest BCUT2D eigenvalue weighted by Crippen LogP contribution is -1.98. The summed E-state index contributed by atoms with van der Waals surface area (Å²) >= 11 is 5.94. The monoisotopic (exact) mass is 246 g/mol. The van der Waals surface area contributed by atoms with Gasteiger partial charge in [-0.15, -0.1) is 0 Å². The highest BCUT2D eigenvalue weighted by molar-refractivity contribution is 6.29. The third-order valence-electron chi connectivity index (χ3n) is 2.67. The SMILES string of the molecule is Cc1cc(Cl)nc(Nc2c(C)cccc2C)c1. The maximum absolute atomic E-state index is 5.94. The van der Waals surface area contributed by atoms with E-state index in [2.05, 4.69) is 36.3 Å². The van der Waals surface area contributed by atoms with Crippen molar-refractivity contribution < 1.29 is 0 Å². The molecular formula is C14H15ClN2. The summed E-state index contributed by atoms with van der Waals surface area (Å²) in [5, 5.41) is 3.84. The summed E-state index contributed by atoms with van der Waals surface area (Å²) in [7, 11) is 0. The molecule has 1 heterocycles. The van der Waals surface area contributed by atoms with E-state index in [4.69, 9.17) is 11.6 Å². The second kappa shape index (κ2) is 4.76. The Labute approximate surface area is 107 Å². The van der Waals surface area contributed by atoms with Crippen LogP contribution in [0.3, 0.4) is 0 Å². The number of benzene rings is 1. The van der Waals surface area contributed by atoms with Gasteiger partial charge in [-0.2, -0.15) is 0 Å². The van der Waals surface area contributed by atoms with E-state index >= 15 is 0 Å². The van der Waals surface area contributed by atoms with Crippen LogP contribution in [0.15, 0.2) is 30.3 Å². The molecular weight excluding hydrogens is 232 g/mol. The molecule has 0 saturated heterocycles. The van der Waals surface area contributed by atoms with E-state index in [0.717, 1.165) is 17.1 Å². The normalized spacial score (nSPS) is 10.4. The molecule has 0 amide bonds. The maximum Gasteiger partial charge on any atom is 0.132 e. The first-order chi connectivity index (χ1) is 8.06. The Kier molecular flexibility index (Phi) is 3.34. The Balaban J connectivity index is 2.38. The third-order valence-corrected chi connectivity index (χ3v) is 2.87. The minimum atomic E-state index is 0.513. The van der Waals surface area contributed by atoms with Crippen molar-refractivity contribution >= 4 is 23.1 Å². The Bertz CT molecular complexity index is 509. The van der Waals surface area contributed by atoms with Crippen LogP contribution in [0.1, 0.15) is 16.7 Å². The van der Waals surface area contributed by atoms with Gasteiger partial charge >= 0.3 is 0 Å². The van der Waals surface area contributed by atoms with Crippen molar-refractivity contribution in [2.75, 3.05) is 5.32 Å². The third kappa shape index (κ3) is 2.77. The average molecular weight is 247 g/mol. The smallest absolute Gasteiger partial charge is 0.132 e. The van der Waals surface area contributed by atoms with E-state index in [1.54, 1.807) is 0 Å². The molecule has 1 N–H and O–H groups in total. The predicted octanol–water partition coefficient (Wildman–Crippen LogP) is 4.40. The summed E-state index contributed by atoms with van der Waals surface area (Å²) in [6, 6.07) is 10.0. The summed E-state index contributed by atoms with van der Waals surface area (Å²) in [4.78, 5) is 4.27. The van der Waals surface area contributed by atoms with Crippen molar-refractivity contribution in [2.45, 2.75) is 20.8 Å². The fourth-order valence-electron chi connectivity index (χ4n) is 1.83. The van der Waals surface area contributed by atoms with Gasteiger partial charge in [0, 0.05) is 5.69 Å². The van der Waals surface area contributed by atoms with Gasteiger partial charge in [-0.05, 0) is 49.6 Å². The number of hydrogen-bond donors (Lipinski definition) is 1. The van der Waals surface area contributed by atoms with Crippen molar-refractivity contribution in [1.29, 1.82) is 0 Å². The highest BCUT2D eigenvalue weighted by atomic mass is 35.5. The van der Waals surface area contributed by atoms with Crippen LogP contribution in [0, 0.1) is 20.8 Å². The van der Waals surface area contributed by atoms with Gasteiger partial charge in [0.1, 0.15) is 11.0 Å². The zero-order chi connectivity index (χ0) is 12.4. The number of anilines is 2. The van der Waals surface area contributed by atoms with Crippen LogP contribution < -0.4 is 5.32 Å². The number of pyridine rings is 1. The van der Waals surface area contributed by atoms with E-state index in [9.17, 15) is 0 Å². The van der Waals surface area contributed by atoms with Crippen LogP contribution in [0.25, 0.3) is 0 Å². The predicted molar refractivity (Wildman–Crippen MR) is 73.2 cm³/mol. The fourth-order valence-corrected chi connectivity index (χ4v) is 2.09. The molecule has 0 unspecified atom stereocenters. The number of aryl methyl sites for hydroxylation is 3. The van der Waals surface area contributed by atoms with Gasteiger partial charge in [0.05, 0.1) is 0 Å². The minimum Gasteiger partial charge on any atom is -0.340 e. The molecule has 2 nitrogen and oxygen atoms in total. The summed E-state index contributed by atoms with van der Waals surface area (Å²) in [5.41, 5.74) is 4.59. The molecule has 0 spiro atoms. The molecule has 0 aliphatic rings. The molecule has 3 heteroatoms. The van der Waals surface area contributed by atoms with Gasteiger partial charge in [-0.1, -0.05) is 29.8 Å². The first-order valence-corrected chi connectivity index (χ1v) is 5.91. The molecule has 0 atom stereocenters. The van der Waals surface area contributed by atoms with E-state index in [-0.39, 0.29) is 0 Å². The van der Waals surface area contributed by atoms with Crippen molar-refractivity contribution in [2.24, 2.45) is 0 Å². The number of nitrogens with one attached hydrogen (secondary N) is 1. The van der Waals surface area contributed by atoms with Crippen LogP contribution in [-0.2, 0) is 0 Å². The van der Waals surface area contributed by atoms with Crippen LogP contribution >= 0.6 is 11.6 Å². The Morgan fingerprint density at radius 3 is 2.29 bits per heavy atom. The van der Waals surface area contributed by atoms with Crippen molar-refractivity contribution in [3.05, 3.63) is 52.2 Å². The van der Waals surface area contributed by atoms with Crippen molar-refractivity contribution in [3.8, 4) is 0 Å². The average Bonchev–Trinajstić information content (AvgIpc) is 2.22. The summed E-state index contributed by atoms with van der Waals surface area (Å²) in [6.07, 6.45) is 0. The van der Waals surface area contributed by atoms with Crippen molar-refractivity contribution in [3.63, 3.8) is 0 Å². The number of aromatic nitrogens is 1. The van der Waals surface area contributed by atoms with Crippen LogP contribution in [-0.4, -0.2) is 4.98 Å². The molecule has 17 heavy (non-hydrogen) atoms. The molecule has 0 aliphatic carbocycles. The molecule has 88 valence electrons. The number of halogens is 1. The number of nitrogens with zero attached hydrogens (tertiary/aromatic N) is 1. The van der Waals surface area contributed by atoms with Crippen LogP contribution in [0.4, 0.5) is 11.5 Å². The van der Waals surface area contributed by atoms with E-state index in [1.165, 1.54) is 11.1 Å². The van der Waals surface area contributed by atoms with E-state index < -0.39 is 0 Å². The first-order valence-electron chi connectivity index (χ1n) is 5.53. The molecule has 2 rings (SSSR count). The molecule has 1 aromatic carbocycles. The number of para-hydroxylation sites is 1. The second-order valence-electron chi connectivity index (χ2n) is 4.24. The lowest BCUT2D eigenvalue weighted by Gasteiger charge is -2.12. The maximum atomic E-state index is 5.94. The highest BCUT2D eigenvalue weighted by Gasteiger charge is 2.04. The Morgan fingerprint density at radius 1 is 1.06 bits per heavy atom. The summed E-state index contributed by atoms with van der Waals surface area (Å²) in [5.74, 6) is 0.785. The molecule has 2 aromatic rings. The number of hydrogen-bond acceptors (Lipinski definition) is 2. The quantitative estimate of drug-likeness (QED) is 0.795. The van der Waals surface area contributed by atoms with Crippen LogP contribution in [0.5, 0.6) is 0 Å². The molecule has 0 aliphatic heterocycles. The molecule has 0 saturated carbocycles. The van der Waals surface area contributed by atoms with Gasteiger partial charge < -0.3 is 5.32 Å². The first kappa shape index (κ1) is 11.9. The highest BCUT2D eigenvalue weighted by Crippen LogP contribution is 2.24. The van der Waals surface area contributed by atoms with Gasteiger partial charge in [0.25, 0.3) is 0 Å². The zero-order valence-corrected chi connectivity index (χ0v) is 11.0. The number of rotatable bonds is 2. The van der Waals surface area contributed by atoms with E-state index in [0.29, 0.717) is 5.15 Å². The standard InChI is InChI=1S/C14H15ClN2/c1-9-7-12(15)16-13(8-9)17-14-10(2)5-4-6-11(14)3/h4-8H,1-3H3,(H,16,17). The summed E-state index contributed by atoms with van der Waals surface area (Å²) in [6.45, 7) is 6.16.